The number of hydrogen-bond acceptors (Lipinski definition) is 3. The zero-order chi connectivity index (χ0) is 14.0. The van der Waals surface area contributed by atoms with Gasteiger partial charge in [0.05, 0.1) is 16.8 Å². The van der Waals surface area contributed by atoms with E-state index in [1.54, 1.807) is 17.9 Å². The molecule has 1 aliphatic rings. The molecule has 0 saturated carbocycles. The molecule has 2 N–H and O–H groups in total. The van der Waals surface area contributed by atoms with Gasteiger partial charge in [-0.05, 0) is 25.1 Å². The molecule has 1 heterocycles. The molecular weight excluding hydrogens is 269 g/mol. The number of benzene rings is 1. The minimum Gasteiger partial charge on any atom is -0.367 e. The molecule has 0 aliphatic carbocycles. The summed E-state index contributed by atoms with van der Waals surface area (Å²) in [5, 5.41) is 0.395. The largest absolute Gasteiger partial charge is 0.367 e. The van der Waals surface area contributed by atoms with Crippen molar-refractivity contribution in [3.05, 3.63) is 29.0 Å². The Morgan fingerprint density at radius 3 is 2.53 bits per heavy atom. The van der Waals surface area contributed by atoms with E-state index in [4.69, 9.17) is 17.3 Å². The lowest BCUT2D eigenvalue weighted by molar-refractivity contribution is -0.132. The van der Waals surface area contributed by atoms with Gasteiger partial charge in [-0.2, -0.15) is 0 Å². The first-order valence-electron chi connectivity index (χ1n) is 6.23. The molecular formula is C13H17ClFN3O. The summed E-state index contributed by atoms with van der Waals surface area (Å²) < 4.78 is 13.0. The van der Waals surface area contributed by atoms with Gasteiger partial charge in [-0.25, -0.2) is 4.39 Å². The zero-order valence-electron chi connectivity index (χ0n) is 10.8. The van der Waals surface area contributed by atoms with Crippen LogP contribution in [0.4, 0.5) is 10.1 Å². The third kappa shape index (κ3) is 3.16. The van der Waals surface area contributed by atoms with E-state index in [0.717, 1.165) is 5.69 Å². The van der Waals surface area contributed by atoms with Crippen molar-refractivity contribution in [3.63, 3.8) is 0 Å². The average molecular weight is 286 g/mol. The van der Waals surface area contributed by atoms with Gasteiger partial charge in [0, 0.05) is 26.2 Å². The van der Waals surface area contributed by atoms with Crippen LogP contribution in [0.25, 0.3) is 0 Å². The Morgan fingerprint density at radius 2 is 2.00 bits per heavy atom. The van der Waals surface area contributed by atoms with Crippen LogP contribution in [0.3, 0.4) is 0 Å². The number of anilines is 1. The molecule has 1 fully saturated rings. The summed E-state index contributed by atoms with van der Waals surface area (Å²) in [4.78, 5) is 15.6. The fourth-order valence-corrected chi connectivity index (χ4v) is 2.48. The fourth-order valence-electron chi connectivity index (χ4n) is 2.19. The van der Waals surface area contributed by atoms with E-state index in [1.807, 2.05) is 4.90 Å². The number of carbonyl (C=O) groups excluding carboxylic acids is 1. The summed E-state index contributed by atoms with van der Waals surface area (Å²) in [5.74, 6) is -0.385. The molecule has 1 atom stereocenters. The first-order chi connectivity index (χ1) is 8.99. The average Bonchev–Trinajstić information content (AvgIpc) is 2.38. The molecule has 2 rings (SSSR count). The Hall–Kier alpha value is -1.33. The van der Waals surface area contributed by atoms with E-state index < -0.39 is 6.04 Å². The van der Waals surface area contributed by atoms with E-state index in [2.05, 4.69) is 0 Å². The Balaban J connectivity index is 2.02. The Morgan fingerprint density at radius 1 is 1.37 bits per heavy atom. The van der Waals surface area contributed by atoms with Crippen LogP contribution in [-0.4, -0.2) is 43.0 Å². The maximum Gasteiger partial charge on any atom is 0.239 e. The first kappa shape index (κ1) is 14.1. The molecule has 1 saturated heterocycles. The molecule has 1 aromatic rings. The normalized spacial score (nSPS) is 17.5. The quantitative estimate of drug-likeness (QED) is 0.895. The minimum absolute atomic E-state index is 0.0372. The lowest BCUT2D eigenvalue weighted by Crippen LogP contribution is -2.52. The number of rotatable bonds is 2. The smallest absolute Gasteiger partial charge is 0.239 e. The van der Waals surface area contributed by atoms with Crippen LogP contribution in [0.2, 0.25) is 5.02 Å². The third-order valence-corrected chi connectivity index (χ3v) is 3.53. The standard InChI is InChI=1S/C13H17ClFN3O/c1-9(16)13(19)18-6-4-17(5-7-18)12-3-2-10(15)8-11(12)14/h2-3,8-9H,4-7,16H2,1H3/t9-/m1/s1. The van der Waals surface area contributed by atoms with Crippen LogP contribution in [0, 0.1) is 5.82 Å². The van der Waals surface area contributed by atoms with Crippen LogP contribution in [-0.2, 0) is 4.79 Å². The molecule has 6 heteroatoms. The fraction of sp³-hybridized carbons (Fsp3) is 0.462. The topological polar surface area (TPSA) is 49.6 Å². The van der Waals surface area contributed by atoms with E-state index >= 15 is 0 Å². The maximum atomic E-state index is 13.0. The highest BCUT2D eigenvalue weighted by Crippen LogP contribution is 2.27. The summed E-state index contributed by atoms with van der Waals surface area (Å²) in [7, 11) is 0. The summed E-state index contributed by atoms with van der Waals surface area (Å²) in [6.07, 6.45) is 0. The molecule has 0 radical (unpaired) electrons. The molecule has 1 aromatic carbocycles. The van der Waals surface area contributed by atoms with Crippen molar-refractivity contribution in [1.29, 1.82) is 0 Å². The Bertz CT molecular complexity index is 473. The van der Waals surface area contributed by atoms with Gasteiger partial charge in [0.1, 0.15) is 5.82 Å². The number of nitrogens with zero attached hydrogens (tertiary/aromatic N) is 2. The van der Waals surface area contributed by atoms with Gasteiger partial charge in [-0.3, -0.25) is 4.79 Å². The van der Waals surface area contributed by atoms with Crippen LogP contribution in [0.15, 0.2) is 18.2 Å². The van der Waals surface area contributed by atoms with E-state index in [-0.39, 0.29) is 11.7 Å². The zero-order valence-corrected chi connectivity index (χ0v) is 11.5. The van der Waals surface area contributed by atoms with Crippen molar-refractivity contribution >= 4 is 23.2 Å². The van der Waals surface area contributed by atoms with Crippen molar-refractivity contribution in [3.8, 4) is 0 Å². The van der Waals surface area contributed by atoms with Gasteiger partial charge in [0.2, 0.25) is 5.91 Å². The van der Waals surface area contributed by atoms with Crippen molar-refractivity contribution in [1.82, 2.24) is 4.90 Å². The molecule has 4 nitrogen and oxygen atoms in total. The third-order valence-electron chi connectivity index (χ3n) is 3.23. The number of piperazine rings is 1. The molecule has 104 valence electrons. The van der Waals surface area contributed by atoms with Crippen molar-refractivity contribution in [2.75, 3.05) is 31.1 Å². The first-order valence-corrected chi connectivity index (χ1v) is 6.61. The second-order valence-corrected chi connectivity index (χ2v) is 5.10. The van der Waals surface area contributed by atoms with Crippen molar-refractivity contribution in [2.45, 2.75) is 13.0 Å². The van der Waals surface area contributed by atoms with Gasteiger partial charge in [0.15, 0.2) is 0 Å². The van der Waals surface area contributed by atoms with Gasteiger partial charge in [-0.15, -0.1) is 0 Å². The van der Waals surface area contributed by atoms with E-state index in [0.29, 0.717) is 31.2 Å². The second kappa shape index (κ2) is 5.75. The van der Waals surface area contributed by atoms with Crippen molar-refractivity contribution in [2.24, 2.45) is 5.73 Å². The van der Waals surface area contributed by atoms with E-state index in [9.17, 15) is 9.18 Å². The van der Waals surface area contributed by atoms with Gasteiger partial charge in [-0.1, -0.05) is 11.6 Å². The van der Waals surface area contributed by atoms with Gasteiger partial charge >= 0.3 is 0 Å². The van der Waals surface area contributed by atoms with Crippen LogP contribution in [0.1, 0.15) is 6.92 Å². The number of amides is 1. The molecule has 0 unspecified atom stereocenters. The molecule has 0 spiro atoms. The maximum absolute atomic E-state index is 13.0. The second-order valence-electron chi connectivity index (χ2n) is 4.70. The molecule has 1 amide bonds. The summed E-state index contributed by atoms with van der Waals surface area (Å²) in [5.41, 5.74) is 6.39. The monoisotopic (exact) mass is 285 g/mol. The Kier molecular flexibility index (Phi) is 4.27. The lowest BCUT2D eigenvalue weighted by Gasteiger charge is -2.37. The van der Waals surface area contributed by atoms with E-state index in [1.165, 1.54) is 12.1 Å². The number of carbonyl (C=O) groups is 1. The van der Waals surface area contributed by atoms with Gasteiger partial charge in [0.25, 0.3) is 0 Å². The summed E-state index contributed by atoms with van der Waals surface area (Å²) >= 11 is 6.03. The van der Waals surface area contributed by atoms with Gasteiger partial charge < -0.3 is 15.5 Å². The summed E-state index contributed by atoms with van der Waals surface area (Å²) in [6.45, 7) is 4.24. The summed E-state index contributed by atoms with van der Waals surface area (Å²) in [6, 6.07) is 3.89. The van der Waals surface area contributed by atoms with Crippen LogP contribution >= 0.6 is 11.6 Å². The molecule has 0 aromatic heterocycles. The SMILES string of the molecule is C[C@@H](N)C(=O)N1CCN(c2ccc(F)cc2Cl)CC1. The van der Waals surface area contributed by atoms with Crippen LogP contribution in [0.5, 0.6) is 0 Å². The highest BCUT2D eigenvalue weighted by molar-refractivity contribution is 6.33. The molecule has 0 bridgehead atoms. The Labute approximate surface area is 116 Å². The number of nitrogens with two attached hydrogens (primary N) is 1. The number of halogens is 2. The van der Waals surface area contributed by atoms with Crippen LogP contribution < -0.4 is 10.6 Å². The lowest BCUT2D eigenvalue weighted by atomic mass is 10.2. The number of hydrogen-bond donors (Lipinski definition) is 1. The minimum atomic E-state index is -0.471. The molecule has 1 aliphatic heterocycles. The highest BCUT2D eigenvalue weighted by Gasteiger charge is 2.24. The highest BCUT2D eigenvalue weighted by atomic mass is 35.5. The van der Waals surface area contributed by atoms with Crippen molar-refractivity contribution < 1.29 is 9.18 Å². The predicted octanol–water partition coefficient (Wildman–Crippen LogP) is 1.47. The molecule has 19 heavy (non-hydrogen) atoms. The predicted molar refractivity (Wildman–Crippen MR) is 73.9 cm³/mol.